The maximum absolute atomic E-state index is 9.78. The van der Waals surface area contributed by atoms with Gasteiger partial charge in [-0.25, -0.2) is 4.52 Å². The molecular formula is C24H20N6OS. The lowest BCUT2D eigenvalue weighted by Gasteiger charge is -2.25. The first-order valence-electron chi connectivity index (χ1n) is 10.5. The zero-order valence-electron chi connectivity index (χ0n) is 17.2. The first-order valence-corrected chi connectivity index (χ1v) is 11.3. The van der Waals surface area contributed by atoms with Crippen LogP contribution in [0.2, 0.25) is 0 Å². The second-order valence-corrected chi connectivity index (χ2v) is 9.02. The van der Waals surface area contributed by atoms with Gasteiger partial charge in [0.2, 0.25) is 0 Å². The monoisotopic (exact) mass is 440 g/mol. The average Bonchev–Trinajstić information content (AvgIpc) is 3.47. The predicted molar refractivity (Wildman–Crippen MR) is 120 cm³/mol. The van der Waals surface area contributed by atoms with E-state index in [0.717, 1.165) is 52.1 Å². The normalized spacial score (nSPS) is 18.3. The molecule has 1 aromatic carbocycles. The van der Waals surface area contributed by atoms with E-state index in [1.54, 1.807) is 16.8 Å². The smallest absolute Gasteiger partial charge is 0.103 e. The van der Waals surface area contributed by atoms with E-state index in [2.05, 4.69) is 22.3 Å². The first-order chi connectivity index (χ1) is 15.7. The van der Waals surface area contributed by atoms with E-state index in [-0.39, 0.29) is 6.10 Å². The van der Waals surface area contributed by atoms with Gasteiger partial charge in [-0.15, -0.1) is 0 Å². The van der Waals surface area contributed by atoms with E-state index >= 15 is 0 Å². The molecule has 1 N–H and O–H groups in total. The fourth-order valence-electron chi connectivity index (χ4n) is 4.18. The number of hydrogen-bond donors (Lipinski definition) is 1. The van der Waals surface area contributed by atoms with Crippen molar-refractivity contribution in [1.82, 2.24) is 19.4 Å². The molecule has 1 saturated carbocycles. The van der Waals surface area contributed by atoms with Crippen molar-refractivity contribution >= 4 is 17.3 Å². The molecule has 4 aromatic rings. The summed E-state index contributed by atoms with van der Waals surface area (Å²) in [4.78, 5) is 1.68. The molecule has 3 heterocycles. The lowest BCUT2D eigenvalue weighted by atomic mass is 9.93. The summed E-state index contributed by atoms with van der Waals surface area (Å²) in [7, 11) is 0. The van der Waals surface area contributed by atoms with Gasteiger partial charge in [-0.3, -0.25) is 4.68 Å². The number of pyridine rings is 1. The van der Waals surface area contributed by atoms with Gasteiger partial charge >= 0.3 is 0 Å². The van der Waals surface area contributed by atoms with Gasteiger partial charge in [-0.05, 0) is 43.9 Å². The number of nitrogens with zero attached hydrogens (tertiary/aromatic N) is 6. The van der Waals surface area contributed by atoms with E-state index < -0.39 is 0 Å². The molecule has 0 saturated heterocycles. The summed E-state index contributed by atoms with van der Waals surface area (Å²) >= 11 is 1.46. The highest BCUT2D eigenvalue weighted by molar-refractivity contribution is 7.99. The fourth-order valence-corrected chi connectivity index (χ4v) is 5.27. The number of nitriles is 2. The van der Waals surface area contributed by atoms with Crippen molar-refractivity contribution in [1.29, 1.82) is 10.5 Å². The van der Waals surface area contributed by atoms with Crippen molar-refractivity contribution in [2.45, 2.75) is 47.6 Å². The first kappa shape index (κ1) is 20.3. The Morgan fingerprint density at radius 2 is 1.69 bits per heavy atom. The van der Waals surface area contributed by atoms with Gasteiger partial charge in [0.15, 0.2) is 0 Å². The highest BCUT2D eigenvalue weighted by Gasteiger charge is 2.22. The van der Waals surface area contributed by atoms with Crippen LogP contribution in [0.5, 0.6) is 0 Å². The van der Waals surface area contributed by atoms with Crippen molar-refractivity contribution < 1.29 is 5.11 Å². The highest BCUT2D eigenvalue weighted by Crippen LogP contribution is 2.37. The molecule has 0 aliphatic heterocycles. The Morgan fingerprint density at radius 3 is 2.47 bits per heavy atom. The second-order valence-electron chi connectivity index (χ2n) is 7.94. The van der Waals surface area contributed by atoms with E-state index in [1.807, 2.05) is 47.5 Å². The van der Waals surface area contributed by atoms with Crippen LogP contribution in [0.1, 0.15) is 42.9 Å². The lowest BCUT2D eigenvalue weighted by molar-refractivity contribution is 0.108. The third-order valence-electron chi connectivity index (χ3n) is 5.90. The Hall–Kier alpha value is -3.59. The highest BCUT2D eigenvalue weighted by atomic mass is 32.2. The van der Waals surface area contributed by atoms with Gasteiger partial charge in [0, 0.05) is 33.3 Å². The molecule has 0 spiro atoms. The summed E-state index contributed by atoms with van der Waals surface area (Å²) in [6.07, 6.45) is 10.6. The van der Waals surface area contributed by atoms with Gasteiger partial charge in [0.25, 0.3) is 0 Å². The molecular weight excluding hydrogens is 420 g/mol. The summed E-state index contributed by atoms with van der Waals surface area (Å²) < 4.78 is 3.71. The van der Waals surface area contributed by atoms with Crippen LogP contribution in [0.25, 0.3) is 16.6 Å². The molecule has 0 unspecified atom stereocenters. The largest absolute Gasteiger partial charge is 0.393 e. The third-order valence-corrected chi connectivity index (χ3v) is 7.01. The van der Waals surface area contributed by atoms with Crippen LogP contribution in [0, 0.1) is 22.7 Å². The Balaban J connectivity index is 1.56. The minimum Gasteiger partial charge on any atom is -0.393 e. The molecule has 0 amide bonds. The topological polar surface area (TPSA) is 103 Å². The zero-order chi connectivity index (χ0) is 22.1. The fraction of sp³-hybridized carbons (Fsp3) is 0.250. The van der Waals surface area contributed by atoms with Gasteiger partial charge in [0.1, 0.15) is 12.1 Å². The lowest BCUT2D eigenvalue weighted by Crippen LogP contribution is -2.21. The SMILES string of the molecule is N#Cc1ccccc1Sc1cc(-c2cnn(C3CCC(O)CC3)c2)cn2ncc(C#N)c12. The van der Waals surface area contributed by atoms with E-state index in [1.165, 1.54) is 11.8 Å². The van der Waals surface area contributed by atoms with E-state index in [9.17, 15) is 15.6 Å². The molecule has 0 bridgehead atoms. The number of hydrogen-bond acceptors (Lipinski definition) is 6. The van der Waals surface area contributed by atoms with Gasteiger partial charge < -0.3 is 5.11 Å². The van der Waals surface area contributed by atoms with Crippen molar-refractivity contribution in [3.63, 3.8) is 0 Å². The predicted octanol–water partition coefficient (Wildman–Crippen LogP) is 4.57. The van der Waals surface area contributed by atoms with Gasteiger partial charge in [-0.1, -0.05) is 23.9 Å². The molecule has 3 aromatic heterocycles. The molecule has 32 heavy (non-hydrogen) atoms. The average molecular weight is 441 g/mol. The van der Waals surface area contributed by atoms with Crippen molar-refractivity contribution in [2.24, 2.45) is 0 Å². The van der Waals surface area contributed by atoms with Crippen LogP contribution < -0.4 is 0 Å². The van der Waals surface area contributed by atoms with Crippen LogP contribution in [-0.4, -0.2) is 30.6 Å². The Kier molecular flexibility index (Phi) is 5.40. The third kappa shape index (κ3) is 3.75. The van der Waals surface area contributed by atoms with Crippen LogP contribution >= 0.6 is 11.8 Å². The van der Waals surface area contributed by atoms with Crippen LogP contribution in [0.4, 0.5) is 0 Å². The number of benzene rings is 1. The maximum atomic E-state index is 9.78. The molecule has 0 radical (unpaired) electrons. The molecule has 0 atom stereocenters. The number of aromatic nitrogens is 4. The van der Waals surface area contributed by atoms with Gasteiger partial charge in [-0.2, -0.15) is 20.7 Å². The molecule has 1 fully saturated rings. The second kappa shape index (κ2) is 8.51. The molecule has 158 valence electrons. The maximum Gasteiger partial charge on any atom is 0.103 e. The van der Waals surface area contributed by atoms with Crippen LogP contribution in [0.15, 0.2) is 64.9 Å². The summed E-state index contributed by atoms with van der Waals surface area (Å²) in [6, 6.07) is 14.2. The summed E-state index contributed by atoms with van der Waals surface area (Å²) in [5, 5.41) is 37.8. The molecule has 1 aliphatic rings. The Bertz CT molecular complexity index is 1370. The molecule has 7 nitrogen and oxygen atoms in total. The zero-order valence-corrected chi connectivity index (χ0v) is 18.0. The summed E-state index contributed by atoms with van der Waals surface area (Å²) in [5.41, 5.74) is 3.70. The minimum absolute atomic E-state index is 0.200. The van der Waals surface area contributed by atoms with E-state index in [0.29, 0.717) is 17.2 Å². The van der Waals surface area contributed by atoms with Crippen molar-refractivity contribution in [3.05, 3.63) is 66.2 Å². The van der Waals surface area contributed by atoms with Crippen LogP contribution in [-0.2, 0) is 0 Å². The molecule has 1 aliphatic carbocycles. The minimum atomic E-state index is -0.200. The van der Waals surface area contributed by atoms with Crippen LogP contribution in [0.3, 0.4) is 0 Å². The van der Waals surface area contributed by atoms with Crippen molar-refractivity contribution in [2.75, 3.05) is 0 Å². The standard InChI is InChI=1S/C24H20N6OS/c25-10-16-3-1-2-4-22(16)32-23-9-17(14-30-24(23)18(11-26)12-28-30)19-13-27-29(15-19)20-5-7-21(31)8-6-20/h1-4,9,12-15,20-21,31H,5-8H2. The number of rotatable bonds is 4. The Labute approximate surface area is 189 Å². The number of aliphatic hydroxyl groups is 1. The van der Waals surface area contributed by atoms with Gasteiger partial charge in [0.05, 0.1) is 41.2 Å². The summed E-state index contributed by atoms with van der Waals surface area (Å²) in [6.45, 7) is 0. The van der Waals surface area contributed by atoms with Crippen molar-refractivity contribution in [3.8, 4) is 23.3 Å². The quantitative estimate of drug-likeness (QED) is 0.499. The Morgan fingerprint density at radius 1 is 0.906 bits per heavy atom. The summed E-state index contributed by atoms with van der Waals surface area (Å²) in [5.74, 6) is 0. The molecule has 8 heteroatoms. The van der Waals surface area contributed by atoms with E-state index in [4.69, 9.17) is 0 Å². The number of fused-ring (bicyclic) bond motifs is 1. The molecule has 5 rings (SSSR count). The number of aliphatic hydroxyl groups excluding tert-OH is 1.